The standard InChI is InChI=1S/C17H28N3O10P.C6H5Cl.C3H6O2/c1-20(6-5-12(22)19-11-21)16-14(29-13(23)9-24-2)15(25-3)17(18,30-16)10-28-31-26-7-4-8-27-31;7-6-4-2-1-3-5-6;1-5-3-2-4/h5-6,11,14-16H,4,7-10,18H2,1-3H3,(H,19,21,22);1-5H;2H,3H2,1H3/b6-5-;;/t14?,15?,16?,17-;;/m1../s1. The fourth-order valence-corrected chi connectivity index (χ4v) is 4.67. The van der Waals surface area contributed by atoms with Crippen LogP contribution in [0, 0.1) is 0 Å². The van der Waals surface area contributed by atoms with Crippen LogP contribution in [0.1, 0.15) is 6.42 Å². The molecule has 4 atom stereocenters. The number of methoxy groups -OCH3 is 3. The zero-order valence-corrected chi connectivity index (χ0v) is 26.1. The average Bonchev–Trinajstić information content (AvgIpc) is 3.28. The summed E-state index contributed by atoms with van der Waals surface area (Å²) in [6.07, 6.45) is 1.31. The molecule has 2 fully saturated rings. The van der Waals surface area contributed by atoms with Crippen LogP contribution < -0.4 is 11.1 Å². The van der Waals surface area contributed by atoms with Crippen molar-refractivity contribution in [3.8, 4) is 0 Å². The van der Waals surface area contributed by atoms with E-state index in [-0.39, 0.29) is 26.2 Å². The van der Waals surface area contributed by atoms with Gasteiger partial charge in [-0.1, -0.05) is 29.8 Å². The molecule has 0 radical (unpaired) electrons. The van der Waals surface area contributed by atoms with Crippen molar-refractivity contribution in [2.45, 2.75) is 30.6 Å². The summed E-state index contributed by atoms with van der Waals surface area (Å²) in [5, 5.41) is 2.77. The van der Waals surface area contributed by atoms with Crippen molar-refractivity contribution in [3.05, 3.63) is 47.6 Å². The highest BCUT2D eigenvalue weighted by molar-refractivity contribution is 7.41. The fraction of sp³-hybridized carbons (Fsp3) is 0.538. The highest BCUT2D eigenvalue weighted by Crippen LogP contribution is 2.44. The molecule has 15 nitrogen and oxygen atoms in total. The monoisotopic (exact) mass is 651 g/mol. The molecule has 3 unspecified atom stereocenters. The first-order valence-electron chi connectivity index (χ1n) is 12.8. The minimum atomic E-state index is -1.59. The number of likely N-dealkylation sites (N-methyl/N-ethyl adjacent to an activating group) is 1. The van der Waals surface area contributed by atoms with Gasteiger partial charge >= 0.3 is 14.6 Å². The molecule has 0 aromatic heterocycles. The lowest BCUT2D eigenvalue weighted by Crippen LogP contribution is -2.55. The number of aldehydes is 1. The van der Waals surface area contributed by atoms with E-state index in [0.29, 0.717) is 19.5 Å². The molecule has 0 aliphatic carbocycles. The number of imide groups is 1. The Labute approximate surface area is 256 Å². The molecule has 0 bridgehead atoms. The summed E-state index contributed by atoms with van der Waals surface area (Å²) in [5.41, 5.74) is 4.90. The molecule has 1 aromatic carbocycles. The predicted molar refractivity (Wildman–Crippen MR) is 154 cm³/mol. The largest absolute Gasteiger partial charge is 0.453 e. The Hall–Kier alpha value is -2.56. The predicted octanol–water partition coefficient (Wildman–Crippen LogP) is 1.14. The summed E-state index contributed by atoms with van der Waals surface area (Å²) in [6, 6.07) is 9.44. The van der Waals surface area contributed by atoms with Gasteiger partial charge in [0.1, 0.15) is 32.2 Å². The molecule has 0 spiro atoms. The van der Waals surface area contributed by atoms with Crippen LogP contribution in [0.3, 0.4) is 0 Å². The maximum Gasteiger partial charge on any atom is 0.332 e. The lowest BCUT2D eigenvalue weighted by molar-refractivity contribution is -0.165. The molecule has 17 heteroatoms. The Bertz CT molecular complexity index is 989. The second kappa shape index (κ2) is 22.0. The third kappa shape index (κ3) is 14.6. The van der Waals surface area contributed by atoms with E-state index in [2.05, 4.69) is 4.74 Å². The zero-order valence-electron chi connectivity index (χ0n) is 24.4. The van der Waals surface area contributed by atoms with Crippen LogP contribution in [0.5, 0.6) is 0 Å². The number of rotatable bonds is 13. The van der Waals surface area contributed by atoms with E-state index in [0.717, 1.165) is 17.5 Å². The second-order valence-corrected chi connectivity index (χ2v) is 10.2. The van der Waals surface area contributed by atoms with Crippen LogP contribution in [0.2, 0.25) is 5.02 Å². The lowest BCUT2D eigenvalue weighted by atomic mass is 10.1. The third-order valence-corrected chi connectivity index (χ3v) is 6.67. The zero-order chi connectivity index (χ0) is 32.1. The number of halogens is 1. The van der Waals surface area contributed by atoms with Gasteiger partial charge in [-0.3, -0.25) is 20.6 Å². The summed E-state index contributed by atoms with van der Waals surface area (Å²) >= 11 is 5.54. The van der Waals surface area contributed by atoms with Gasteiger partial charge in [-0.15, -0.1) is 0 Å². The Kier molecular flexibility index (Phi) is 19.7. The molecule has 3 N–H and O–H groups in total. The van der Waals surface area contributed by atoms with E-state index in [4.69, 9.17) is 49.9 Å². The number of amides is 2. The van der Waals surface area contributed by atoms with Gasteiger partial charge in [-0.2, -0.15) is 0 Å². The first-order valence-corrected chi connectivity index (χ1v) is 14.3. The second-order valence-electron chi connectivity index (χ2n) is 8.55. The molecule has 0 saturated carbocycles. The third-order valence-electron chi connectivity index (χ3n) is 5.29. The number of nitrogens with one attached hydrogen (secondary N) is 1. The Morgan fingerprint density at radius 3 is 2.33 bits per heavy atom. The summed E-state index contributed by atoms with van der Waals surface area (Å²) in [5.74, 6) is -1.31. The van der Waals surface area contributed by atoms with Crippen molar-refractivity contribution in [1.82, 2.24) is 10.2 Å². The number of hydrogen-bond donors (Lipinski definition) is 2. The molecular formula is C26H39ClN3O12P. The maximum atomic E-state index is 12.1. The number of benzene rings is 1. The number of nitrogens with two attached hydrogens (primary N) is 1. The molecule has 2 saturated heterocycles. The SMILES string of the molecule is COCC(=O)OC1C(N(C)/C=C\C(=O)NC=O)O[C@](N)(COP2OCCCO2)C1OC.COCC=O.Clc1ccccc1. The molecule has 43 heavy (non-hydrogen) atoms. The van der Waals surface area contributed by atoms with E-state index in [1.807, 2.05) is 35.6 Å². The normalized spacial score (nSPS) is 23.3. The topological polar surface area (TPSA) is 183 Å². The highest BCUT2D eigenvalue weighted by Gasteiger charge is 2.57. The number of carbonyl (C=O) groups excluding carboxylic acids is 4. The van der Waals surface area contributed by atoms with Gasteiger partial charge < -0.3 is 47.0 Å². The molecule has 2 amide bonds. The van der Waals surface area contributed by atoms with Crippen molar-refractivity contribution in [2.24, 2.45) is 5.73 Å². The summed E-state index contributed by atoms with van der Waals surface area (Å²) < 4.78 is 42.6. The van der Waals surface area contributed by atoms with Gasteiger partial charge in [0.05, 0.1) is 13.2 Å². The van der Waals surface area contributed by atoms with Crippen molar-refractivity contribution in [2.75, 3.05) is 61.4 Å². The quantitative estimate of drug-likeness (QED) is 0.134. The lowest BCUT2D eigenvalue weighted by Gasteiger charge is -2.31. The smallest absolute Gasteiger partial charge is 0.332 e. The fourth-order valence-electron chi connectivity index (χ4n) is 3.44. The number of esters is 1. The Morgan fingerprint density at radius 1 is 1.16 bits per heavy atom. The summed E-state index contributed by atoms with van der Waals surface area (Å²) in [7, 11) is 4.21. The Morgan fingerprint density at radius 2 is 1.84 bits per heavy atom. The van der Waals surface area contributed by atoms with Gasteiger partial charge in [0.15, 0.2) is 18.1 Å². The summed E-state index contributed by atoms with van der Waals surface area (Å²) in [6.45, 7) is 0.763. The number of carbonyl (C=O) groups is 4. The van der Waals surface area contributed by atoms with Crippen LogP contribution in [-0.2, 0) is 56.4 Å². The molecule has 3 rings (SSSR count). The number of hydrogen-bond acceptors (Lipinski definition) is 14. The van der Waals surface area contributed by atoms with E-state index in [1.54, 1.807) is 7.05 Å². The minimum absolute atomic E-state index is 0.171. The van der Waals surface area contributed by atoms with Crippen LogP contribution in [0.25, 0.3) is 0 Å². The Balaban J connectivity index is 0.000000638. The first-order chi connectivity index (χ1) is 20.6. The molecule has 2 aliphatic rings. The van der Waals surface area contributed by atoms with Gasteiger partial charge in [0.25, 0.3) is 5.91 Å². The van der Waals surface area contributed by atoms with Crippen molar-refractivity contribution >= 4 is 44.8 Å². The number of ether oxygens (including phenoxy) is 5. The first kappa shape index (κ1) is 38.5. The van der Waals surface area contributed by atoms with Crippen LogP contribution in [-0.4, -0.2) is 115 Å². The maximum absolute atomic E-state index is 12.1. The van der Waals surface area contributed by atoms with Gasteiger partial charge in [0, 0.05) is 45.7 Å². The van der Waals surface area contributed by atoms with Gasteiger partial charge in [0.2, 0.25) is 6.41 Å². The van der Waals surface area contributed by atoms with Crippen LogP contribution >= 0.6 is 20.2 Å². The highest BCUT2D eigenvalue weighted by atomic mass is 35.5. The molecule has 1 aromatic rings. The van der Waals surface area contributed by atoms with E-state index in [9.17, 15) is 19.2 Å². The van der Waals surface area contributed by atoms with Crippen LogP contribution in [0.4, 0.5) is 0 Å². The van der Waals surface area contributed by atoms with E-state index in [1.165, 1.54) is 32.4 Å². The average molecular weight is 652 g/mol. The molecular weight excluding hydrogens is 613 g/mol. The number of nitrogens with zero attached hydrogens (tertiary/aromatic N) is 1. The van der Waals surface area contributed by atoms with Gasteiger partial charge in [-0.25, -0.2) is 4.79 Å². The molecule has 242 valence electrons. The summed E-state index contributed by atoms with van der Waals surface area (Å²) in [4.78, 5) is 44.7. The van der Waals surface area contributed by atoms with E-state index >= 15 is 0 Å². The molecule has 2 heterocycles. The van der Waals surface area contributed by atoms with Crippen LogP contribution in [0.15, 0.2) is 42.6 Å². The van der Waals surface area contributed by atoms with E-state index < -0.39 is 44.6 Å². The van der Waals surface area contributed by atoms with Crippen molar-refractivity contribution in [3.63, 3.8) is 0 Å². The van der Waals surface area contributed by atoms with Gasteiger partial charge in [-0.05, 0) is 18.6 Å². The minimum Gasteiger partial charge on any atom is -0.453 e. The van der Waals surface area contributed by atoms with Crippen molar-refractivity contribution in [1.29, 1.82) is 0 Å². The molecule has 2 aliphatic heterocycles. The van der Waals surface area contributed by atoms with Crippen molar-refractivity contribution < 1.29 is 56.4 Å².